The van der Waals surface area contributed by atoms with Crippen molar-refractivity contribution in [3.05, 3.63) is 54.3 Å². The van der Waals surface area contributed by atoms with Gasteiger partial charge in [-0.1, -0.05) is 12.1 Å². The van der Waals surface area contributed by atoms with Crippen molar-refractivity contribution in [3.8, 4) is 5.75 Å². The molecule has 0 saturated heterocycles. The molecule has 0 atom stereocenters. The van der Waals surface area contributed by atoms with Crippen LogP contribution in [0.2, 0.25) is 0 Å². The number of amides is 2. The number of rotatable bonds is 5. The maximum atomic E-state index is 13.1. The molecular formula is C19H19FN2O3. The average Bonchev–Trinajstić information content (AvgIpc) is 2.63. The first-order valence-electron chi connectivity index (χ1n) is 8.18. The summed E-state index contributed by atoms with van der Waals surface area (Å²) in [6.07, 6.45) is 0.172. The van der Waals surface area contributed by atoms with E-state index in [2.05, 4.69) is 0 Å². The van der Waals surface area contributed by atoms with Gasteiger partial charge in [-0.25, -0.2) is 4.39 Å². The molecule has 0 aliphatic carbocycles. The summed E-state index contributed by atoms with van der Waals surface area (Å²) in [5, 5.41) is 0. The molecule has 2 amide bonds. The molecule has 0 radical (unpaired) electrons. The van der Waals surface area contributed by atoms with Crippen LogP contribution < -0.4 is 14.5 Å². The molecule has 0 fully saturated rings. The Hall–Kier alpha value is -2.89. The van der Waals surface area contributed by atoms with Crippen LogP contribution in [0.25, 0.3) is 0 Å². The quantitative estimate of drug-likeness (QED) is 0.839. The Balaban J connectivity index is 1.71. The van der Waals surface area contributed by atoms with E-state index < -0.39 is 0 Å². The maximum Gasteiger partial charge on any atom is 0.265 e. The van der Waals surface area contributed by atoms with Gasteiger partial charge in [-0.05, 0) is 43.3 Å². The van der Waals surface area contributed by atoms with E-state index >= 15 is 0 Å². The highest BCUT2D eigenvalue weighted by Crippen LogP contribution is 2.31. The average molecular weight is 342 g/mol. The second-order valence-electron chi connectivity index (χ2n) is 5.67. The summed E-state index contributed by atoms with van der Waals surface area (Å²) in [4.78, 5) is 27.9. The molecule has 0 spiro atoms. The second kappa shape index (κ2) is 7.34. The monoisotopic (exact) mass is 342 g/mol. The van der Waals surface area contributed by atoms with Gasteiger partial charge in [0.15, 0.2) is 6.61 Å². The molecule has 1 heterocycles. The molecule has 0 N–H and O–H groups in total. The van der Waals surface area contributed by atoms with Crippen molar-refractivity contribution in [1.29, 1.82) is 0 Å². The normalized spacial score (nSPS) is 13.2. The molecule has 2 aromatic rings. The van der Waals surface area contributed by atoms with Crippen LogP contribution in [-0.2, 0) is 9.59 Å². The van der Waals surface area contributed by atoms with E-state index in [1.54, 1.807) is 34.1 Å². The zero-order chi connectivity index (χ0) is 17.8. The largest absolute Gasteiger partial charge is 0.482 e. The molecule has 1 aliphatic heterocycles. The lowest BCUT2D eigenvalue weighted by Gasteiger charge is -2.30. The zero-order valence-corrected chi connectivity index (χ0v) is 13.9. The Labute approximate surface area is 145 Å². The van der Waals surface area contributed by atoms with Gasteiger partial charge in [0.25, 0.3) is 5.91 Å². The third-order valence-electron chi connectivity index (χ3n) is 4.11. The van der Waals surface area contributed by atoms with E-state index in [4.69, 9.17) is 4.74 Å². The van der Waals surface area contributed by atoms with Crippen LogP contribution in [0.15, 0.2) is 48.5 Å². The molecule has 0 saturated carbocycles. The van der Waals surface area contributed by atoms with Gasteiger partial charge in [0.2, 0.25) is 5.91 Å². The fourth-order valence-corrected chi connectivity index (χ4v) is 2.87. The summed E-state index contributed by atoms with van der Waals surface area (Å²) in [7, 11) is 0. The second-order valence-corrected chi connectivity index (χ2v) is 5.67. The molecule has 2 aromatic carbocycles. The number of benzene rings is 2. The number of anilines is 2. The Morgan fingerprint density at radius 3 is 2.64 bits per heavy atom. The third-order valence-corrected chi connectivity index (χ3v) is 4.11. The molecule has 0 unspecified atom stereocenters. The lowest BCUT2D eigenvalue weighted by atomic mass is 10.2. The van der Waals surface area contributed by atoms with E-state index in [9.17, 15) is 14.0 Å². The van der Waals surface area contributed by atoms with Gasteiger partial charge in [0.1, 0.15) is 11.6 Å². The van der Waals surface area contributed by atoms with Gasteiger partial charge < -0.3 is 14.5 Å². The molecule has 3 rings (SSSR count). The zero-order valence-electron chi connectivity index (χ0n) is 13.9. The van der Waals surface area contributed by atoms with Crippen LogP contribution in [0.4, 0.5) is 15.8 Å². The van der Waals surface area contributed by atoms with E-state index in [1.807, 2.05) is 19.1 Å². The van der Waals surface area contributed by atoms with Crippen LogP contribution in [0.5, 0.6) is 5.75 Å². The first-order chi connectivity index (χ1) is 12.1. The Morgan fingerprint density at radius 2 is 1.92 bits per heavy atom. The summed E-state index contributed by atoms with van der Waals surface area (Å²) in [5.41, 5.74) is 1.32. The number of ether oxygens (including phenoxy) is 1. The fraction of sp³-hybridized carbons (Fsp3) is 0.263. The molecule has 0 bridgehead atoms. The molecule has 0 aromatic heterocycles. The minimum atomic E-state index is -0.345. The highest BCUT2D eigenvalue weighted by molar-refractivity contribution is 5.99. The standard InChI is InChI=1S/C19H19FN2O3/c1-2-21(15-9-7-14(20)8-10-15)18(23)11-12-22-16-5-3-4-6-17(16)25-13-19(22)24/h3-10H,2,11-13H2,1H3. The molecule has 1 aliphatic rings. The minimum absolute atomic E-state index is 0.0271. The number of carbonyl (C=O) groups is 2. The fourth-order valence-electron chi connectivity index (χ4n) is 2.87. The molecule has 5 nitrogen and oxygen atoms in total. The van der Waals surface area contributed by atoms with Gasteiger partial charge in [-0.15, -0.1) is 0 Å². The summed E-state index contributed by atoms with van der Waals surface area (Å²) in [5.74, 6) is 0.00501. The number of nitrogens with zero attached hydrogens (tertiary/aromatic N) is 2. The predicted octanol–water partition coefficient (Wildman–Crippen LogP) is 2.99. The van der Waals surface area contributed by atoms with Crippen molar-refractivity contribution >= 4 is 23.2 Å². The number of carbonyl (C=O) groups excluding carboxylic acids is 2. The van der Waals surface area contributed by atoms with E-state index in [1.165, 1.54) is 12.1 Å². The highest BCUT2D eigenvalue weighted by atomic mass is 19.1. The van der Waals surface area contributed by atoms with Crippen molar-refractivity contribution in [2.45, 2.75) is 13.3 Å². The number of hydrogen-bond acceptors (Lipinski definition) is 3. The van der Waals surface area contributed by atoms with Gasteiger partial charge in [-0.2, -0.15) is 0 Å². The number of fused-ring (bicyclic) bond motifs is 1. The molecule has 130 valence electrons. The first-order valence-corrected chi connectivity index (χ1v) is 8.18. The van der Waals surface area contributed by atoms with Crippen molar-refractivity contribution < 1.29 is 18.7 Å². The van der Waals surface area contributed by atoms with Gasteiger partial charge in [0, 0.05) is 25.2 Å². The summed E-state index contributed by atoms with van der Waals surface area (Å²) >= 11 is 0. The SMILES string of the molecule is CCN(C(=O)CCN1C(=O)COc2ccccc21)c1ccc(F)cc1. The van der Waals surface area contributed by atoms with Crippen LogP contribution in [0.3, 0.4) is 0 Å². The molecular weight excluding hydrogens is 323 g/mol. The van der Waals surface area contributed by atoms with E-state index in [0.29, 0.717) is 23.7 Å². The summed E-state index contributed by atoms with van der Waals surface area (Å²) < 4.78 is 18.5. The topological polar surface area (TPSA) is 49.9 Å². The lowest BCUT2D eigenvalue weighted by Crippen LogP contribution is -2.41. The minimum Gasteiger partial charge on any atom is -0.482 e. The molecule has 6 heteroatoms. The predicted molar refractivity (Wildman–Crippen MR) is 93.3 cm³/mol. The van der Waals surface area contributed by atoms with Crippen LogP contribution >= 0.6 is 0 Å². The lowest BCUT2D eigenvalue weighted by molar-refractivity contribution is -0.121. The smallest absolute Gasteiger partial charge is 0.265 e. The Morgan fingerprint density at radius 1 is 1.20 bits per heavy atom. The van der Waals surface area contributed by atoms with Crippen LogP contribution in [-0.4, -0.2) is 31.5 Å². The highest BCUT2D eigenvalue weighted by Gasteiger charge is 2.26. The third kappa shape index (κ3) is 3.63. The Bertz CT molecular complexity index is 776. The van der Waals surface area contributed by atoms with Crippen LogP contribution in [0.1, 0.15) is 13.3 Å². The molecule has 25 heavy (non-hydrogen) atoms. The van der Waals surface area contributed by atoms with Gasteiger partial charge >= 0.3 is 0 Å². The first kappa shape index (κ1) is 17.0. The van der Waals surface area contributed by atoms with Crippen molar-refractivity contribution in [3.63, 3.8) is 0 Å². The van der Waals surface area contributed by atoms with Gasteiger partial charge in [-0.3, -0.25) is 9.59 Å². The van der Waals surface area contributed by atoms with Crippen molar-refractivity contribution in [1.82, 2.24) is 0 Å². The Kier molecular flexibility index (Phi) is 4.97. The van der Waals surface area contributed by atoms with E-state index in [0.717, 1.165) is 0 Å². The maximum absolute atomic E-state index is 13.1. The van der Waals surface area contributed by atoms with Crippen molar-refractivity contribution in [2.75, 3.05) is 29.5 Å². The summed E-state index contributed by atoms with van der Waals surface area (Å²) in [6, 6.07) is 13.1. The van der Waals surface area contributed by atoms with E-state index in [-0.39, 0.29) is 37.2 Å². The van der Waals surface area contributed by atoms with Crippen molar-refractivity contribution in [2.24, 2.45) is 0 Å². The number of halogens is 1. The summed E-state index contributed by atoms with van der Waals surface area (Å²) in [6.45, 7) is 2.57. The number of para-hydroxylation sites is 2. The number of hydrogen-bond donors (Lipinski definition) is 0. The van der Waals surface area contributed by atoms with Gasteiger partial charge in [0.05, 0.1) is 5.69 Å². The van der Waals surface area contributed by atoms with Crippen LogP contribution in [0, 0.1) is 5.82 Å².